The Bertz CT molecular complexity index is 389. The molecule has 0 saturated carbocycles. The van der Waals surface area contributed by atoms with E-state index in [4.69, 9.17) is 5.26 Å². The van der Waals surface area contributed by atoms with E-state index in [1.165, 1.54) is 0 Å². The minimum absolute atomic E-state index is 0.749. The van der Waals surface area contributed by atoms with Gasteiger partial charge in [0.25, 0.3) is 0 Å². The van der Waals surface area contributed by atoms with Gasteiger partial charge in [-0.15, -0.1) is 0 Å². The molecule has 0 amide bonds. The van der Waals surface area contributed by atoms with Gasteiger partial charge in [0.2, 0.25) is 0 Å². The Labute approximate surface area is 104 Å². The molecule has 1 rings (SSSR count). The lowest BCUT2D eigenvalue weighted by molar-refractivity contribution is 0.316. The highest BCUT2D eigenvalue weighted by molar-refractivity contribution is 5.51. The molecule has 0 bridgehead atoms. The van der Waals surface area contributed by atoms with E-state index < -0.39 is 0 Å². The van der Waals surface area contributed by atoms with Gasteiger partial charge < -0.3 is 10.2 Å². The van der Waals surface area contributed by atoms with Crippen LogP contribution in [0, 0.1) is 18.3 Å². The average Bonchev–Trinajstić information content (AvgIpc) is 2.35. The summed E-state index contributed by atoms with van der Waals surface area (Å²) in [6, 6.07) is 8.04. The number of hydrogen-bond donors (Lipinski definition) is 1. The predicted molar refractivity (Wildman–Crippen MR) is 72.2 cm³/mol. The number of nitrogens with one attached hydrogen (secondary N) is 1. The van der Waals surface area contributed by atoms with Crippen molar-refractivity contribution in [1.29, 1.82) is 5.26 Å². The second-order valence-electron chi connectivity index (χ2n) is 4.10. The van der Waals surface area contributed by atoms with Gasteiger partial charge in [0.15, 0.2) is 0 Å². The van der Waals surface area contributed by atoms with Crippen LogP contribution >= 0.6 is 0 Å². The van der Waals surface area contributed by atoms with Gasteiger partial charge in [-0.05, 0) is 43.8 Å². The zero-order valence-electron chi connectivity index (χ0n) is 11.0. The second-order valence-corrected chi connectivity index (χ2v) is 4.10. The molecule has 0 radical (unpaired) electrons. The number of aryl methyl sites for hydroxylation is 1. The van der Waals surface area contributed by atoms with Gasteiger partial charge in [-0.3, -0.25) is 0 Å². The molecule has 0 aliphatic rings. The summed E-state index contributed by atoms with van der Waals surface area (Å²) in [4.78, 5) is 2.38. The topological polar surface area (TPSA) is 39.1 Å². The third-order valence-electron chi connectivity index (χ3n) is 3.00. The fourth-order valence-electron chi connectivity index (χ4n) is 1.80. The van der Waals surface area contributed by atoms with E-state index in [1.54, 1.807) is 0 Å². The average molecular weight is 231 g/mol. The van der Waals surface area contributed by atoms with Crippen LogP contribution in [-0.2, 0) is 0 Å². The van der Waals surface area contributed by atoms with Gasteiger partial charge in [0.1, 0.15) is 0 Å². The van der Waals surface area contributed by atoms with Crippen molar-refractivity contribution >= 4 is 5.69 Å². The number of likely N-dealkylation sites (N-methyl/N-ethyl adjacent to an activating group) is 1. The third kappa shape index (κ3) is 4.08. The van der Waals surface area contributed by atoms with Crippen LogP contribution in [0.15, 0.2) is 18.2 Å². The molecule has 0 atom stereocenters. The van der Waals surface area contributed by atoms with Crippen molar-refractivity contribution in [2.75, 3.05) is 31.5 Å². The maximum atomic E-state index is 8.84. The summed E-state index contributed by atoms with van der Waals surface area (Å²) in [7, 11) is 0. The van der Waals surface area contributed by atoms with Crippen molar-refractivity contribution in [2.45, 2.75) is 20.8 Å². The molecule has 0 spiro atoms. The Hall–Kier alpha value is -1.53. The molecule has 17 heavy (non-hydrogen) atoms. The van der Waals surface area contributed by atoms with Crippen molar-refractivity contribution in [3.05, 3.63) is 29.3 Å². The zero-order valence-corrected chi connectivity index (χ0v) is 11.0. The Morgan fingerprint density at radius 3 is 2.53 bits per heavy atom. The third-order valence-corrected chi connectivity index (χ3v) is 3.00. The summed E-state index contributed by atoms with van der Waals surface area (Å²) < 4.78 is 0. The van der Waals surface area contributed by atoms with Gasteiger partial charge in [0, 0.05) is 18.8 Å². The highest BCUT2D eigenvalue weighted by Gasteiger charge is 2.00. The Morgan fingerprint density at radius 2 is 2.00 bits per heavy atom. The Balaban J connectivity index is 2.48. The minimum Gasteiger partial charge on any atom is -0.384 e. The molecule has 0 aromatic heterocycles. The fraction of sp³-hybridized carbons (Fsp3) is 0.500. The van der Waals surface area contributed by atoms with Crippen LogP contribution in [0.1, 0.15) is 25.0 Å². The molecule has 0 heterocycles. The largest absolute Gasteiger partial charge is 0.384 e. The number of nitrogens with zero attached hydrogens (tertiary/aromatic N) is 2. The lowest BCUT2D eigenvalue weighted by Crippen LogP contribution is -2.28. The quantitative estimate of drug-likeness (QED) is 0.818. The molecule has 0 aliphatic heterocycles. The molecule has 3 heteroatoms. The molecule has 1 N–H and O–H groups in total. The Morgan fingerprint density at radius 1 is 1.29 bits per heavy atom. The lowest BCUT2D eigenvalue weighted by Gasteiger charge is -2.18. The van der Waals surface area contributed by atoms with Gasteiger partial charge in [-0.1, -0.05) is 13.8 Å². The first kappa shape index (κ1) is 13.5. The highest BCUT2D eigenvalue weighted by atomic mass is 15.1. The molecule has 3 nitrogen and oxygen atoms in total. The summed E-state index contributed by atoms with van der Waals surface area (Å²) in [5.41, 5.74) is 2.87. The summed E-state index contributed by atoms with van der Waals surface area (Å²) >= 11 is 0. The van der Waals surface area contributed by atoms with E-state index >= 15 is 0 Å². The molecule has 0 aliphatic carbocycles. The zero-order chi connectivity index (χ0) is 12.7. The van der Waals surface area contributed by atoms with E-state index in [0.29, 0.717) is 0 Å². The molecular formula is C14H21N3. The van der Waals surface area contributed by atoms with Crippen molar-refractivity contribution in [2.24, 2.45) is 0 Å². The van der Waals surface area contributed by atoms with Crippen molar-refractivity contribution < 1.29 is 0 Å². The number of hydrogen-bond acceptors (Lipinski definition) is 3. The van der Waals surface area contributed by atoms with Gasteiger partial charge in [-0.25, -0.2) is 0 Å². The van der Waals surface area contributed by atoms with E-state index in [-0.39, 0.29) is 0 Å². The van der Waals surface area contributed by atoms with Crippen molar-refractivity contribution in [3.8, 4) is 6.07 Å². The first-order chi connectivity index (χ1) is 8.21. The molecule has 1 aromatic rings. The Kier molecular flexibility index (Phi) is 5.51. The second kappa shape index (κ2) is 6.93. The van der Waals surface area contributed by atoms with Gasteiger partial charge in [-0.2, -0.15) is 5.26 Å². The van der Waals surface area contributed by atoms with Crippen LogP contribution in [0.3, 0.4) is 0 Å². The predicted octanol–water partition coefficient (Wildman–Crippen LogP) is 2.62. The van der Waals surface area contributed by atoms with E-state index in [0.717, 1.165) is 43.0 Å². The number of nitriles is 1. The van der Waals surface area contributed by atoms with Crippen LogP contribution in [0.2, 0.25) is 0 Å². The van der Waals surface area contributed by atoms with Crippen LogP contribution in [0.4, 0.5) is 5.69 Å². The van der Waals surface area contributed by atoms with Crippen LogP contribution in [0.5, 0.6) is 0 Å². The minimum atomic E-state index is 0.749. The molecule has 0 fully saturated rings. The fourth-order valence-corrected chi connectivity index (χ4v) is 1.80. The molecule has 1 aromatic carbocycles. The smallest absolute Gasteiger partial charge is 0.0994 e. The molecular weight excluding hydrogens is 210 g/mol. The normalized spacial score (nSPS) is 10.3. The van der Waals surface area contributed by atoms with Crippen LogP contribution in [0.25, 0.3) is 0 Å². The molecule has 92 valence electrons. The first-order valence-corrected chi connectivity index (χ1v) is 6.18. The summed E-state index contributed by atoms with van der Waals surface area (Å²) in [6.07, 6.45) is 0. The first-order valence-electron chi connectivity index (χ1n) is 6.18. The van der Waals surface area contributed by atoms with Gasteiger partial charge >= 0.3 is 0 Å². The van der Waals surface area contributed by atoms with Crippen LogP contribution in [-0.4, -0.2) is 31.1 Å². The maximum absolute atomic E-state index is 8.84. The lowest BCUT2D eigenvalue weighted by atomic mass is 10.1. The highest BCUT2D eigenvalue weighted by Crippen LogP contribution is 2.13. The SMILES string of the molecule is CCN(CC)CCNc1ccc(C#N)c(C)c1. The standard InChI is InChI=1S/C14H21N3/c1-4-17(5-2)9-8-16-14-7-6-13(11-15)12(3)10-14/h6-7,10,16H,4-5,8-9H2,1-3H3. The van der Waals surface area contributed by atoms with Gasteiger partial charge in [0.05, 0.1) is 11.6 Å². The summed E-state index contributed by atoms with van der Waals surface area (Å²) in [5, 5.41) is 12.2. The molecule has 0 saturated heterocycles. The summed E-state index contributed by atoms with van der Waals surface area (Å²) in [5.74, 6) is 0. The monoisotopic (exact) mass is 231 g/mol. The number of rotatable bonds is 6. The van der Waals surface area contributed by atoms with E-state index in [9.17, 15) is 0 Å². The van der Waals surface area contributed by atoms with E-state index in [1.807, 2.05) is 25.1 Å². The summed E-state index contributed by atoms with van der Waals surface area (Å²) in [6.45, 7) is 10.5. The number of benzene rings is 1. The van der Waals surface area contributed by atoms with Crippen molar-refractivity contribution in [3.63, 3.8) is 0 Å². The van der Waals surface area contributed by atoms with Crippen LogP contribution < -0.4 is 5.32 Å². The van der Waals surface area contributed by atoms with E-state index in [2.05, 4.69) is 30.1 Å². The maximum Gasteiger partial charge on any atom is 0.0994 e. The molecule has 0 unspecified atom stereocenters. The van der Waals surface area contributed by atoms with Crippen molar-refractivity contribution in [1.82, 2.24) is 4.90 Å². The number of anilines is 1.